The summed E-state index contributed by atoms with van der Waals surface area (Å²) in [6.07, 6.45) is 1.57. The Morgan fingerprint density at radius 2 is 1.48 bits per heavy atom. The van der Waals surface area contributed by atoms with Gasteiger partial charge in [0.1, 0.15) is 17.5 Å². The molecule has 0 N–H and O–H groups in total. The molecular formula is C18H30N6O. The van der Waals surface area contributed by atoms with E-state index in [1.54, 1.807) is 0 Å². The number of hydrogen-bond donors (Lipinski definition) is 0. The average molecular weight is 346 g/mol. The van der Waals surface area contributed by atoms with E-state index in [0.29, 0.717) is 6.42 Å². The third-order valence-electron chi connectivity index (χ3n) is 5.06. The van der Waals surface area contributed by atoms with Crippen molar-refractivity contribution in [1.29, 1.82) is 0 Å². The maximum atomic E-state index is 12.1. The summed E-state index contributed by atoms with van der Waals surface area (Å²) in [6.45, 7) is 11.4. The molecule has 2 saturated heterocycles. The van der Waals surface area contributed by atoms with E-state index in [0.717, 1.165) is 76.2 Å². The fourth-order valence-corrected chi connectivity index (χ4v) is 3.45. The van der Waals surface area contributed by atoms with E-state index in [1.165, 1.54) is 0 Å². The van der Waals surface area contributed by atoms with E-state index in [9.17, 15) is 4.79 Å². The molecule has 1 amide bonds. The standard InChI is InChI=1S/C18H30N6O/c1-4-5-18(25)24-12-10-23(11-13-24)17-14-16(19-15(2)20-17)22-8-6-21(3)7-9-22/h14H,4-13H2,1-3H3. The number of rotatable bonds is 4. The van der Waals surface area contributed by atoms with Gasteiger partial charge in [-0.25, -0.2) is 9.97 Å². The Hall–Kier alpha value is -1.89. The number of nitrogens with zero attached hydrogens (tertiary/aromatic N) is 6. The van der Waals surface area contributed by atoms with Crippen molar-refractivity contribution >= 4 is 17.5 Å². The van der Waals surface area contributed by atoms with Crippen molar-refractivity contribution in [2.24, 2.45) is 0 Å². The summed E-state index contributed by atoms with van der Waals surface area (Å²) in [6, 6.07) is 2.11. The molecule has 3 heterocycles. The van der Waals surface area contributed by atoms with Crippen LogP contribution in [0.5, 0.6) is 0 Å². The minimum absolute atomic E-state index is 0.277. The van der Waals surface area contributed by atoms with Crippen LogP contribution in [0.4, 0.5) is 11.6 Å². The van der Waals surface area contributed by atoms with Gasteiger partial charge in [0.25, 0.3) is 0 Å². The lowest BCUT2D eigenvalue weighted by Crippen LogP contribution is -2.49. The van der Waals surface area contributed by atoms with Crippen LogP contribution < -0.4 is 9.80 Å². The van der Waals surface area contributed by atoms with Crippen molar-refractivity contribution in [2.45, 2.75) is 26.7 Å². The number of carbonyl (C=O) groups excluding carboxylic acids is 1. The molecule has 1 aromatic rings. The van der Waals surface area contributed by atoms with E-state index in [2.05, 4.69) is 44.7 Å². The molecule has 0 spiro atoms. The highest BCUT2D eigenvalue weighted by molar-refractivity contribution is 5.76. The van der Waals surface area contributed by atoms with Gasteiger partial charge in [0.15, 0.2) is 0 Å². The second-order valence-corrected chi connectivity index (χ2v) is 7.04. The first kappa shape index (κ1) is 17.9. The quantitative estimate of drug-likeness (QED) is 0.810. The number of carbonyl (C=O) groups is 1. The fraction of sp³-hybridized carbons (Fsp3) is 0.722. The molecule has 2 aliphatic heterocycles. The van der Waals surface area contributed by atoms with Crippen LogP contribution >= 0.6 is 0 Å². The molecule has 7 nitrogen and oxygen atoms in total. The Morgan fingerprint density at radius 1 is 0.960 bits per heavy atom. The minimum atomic E-state index is 0.277. The Morgan fingerprint density at radius 3 is 2.00 bits per heavy atom. The Balaban J connectivity index is 1.66. The second-order valence-electron chi connectivity index (χ2n) is 7.04. The van der Waals surface area contributed by atoms with Gasteiger partial charge in [0.2, 0.25) is 5.91 Å². The van der Waals surface area contributed by atoms with Gasteiger partial charge in [-0.05, 0) is 20.4 Å². The monoisotopic (exact) mass is 346 g/mol. The summed E-state index contributed by atoms with van der Waals surface area (Å²) in [7, 11) is 2.16. The first-order chi connectivity index (χ1) is 12.1. The lowest BCUT2D eigenvalue weighted by molar-refractivity contribution is -0.131. The van der Waals surface area contributed by atoms with Gasteiger partial charge in [0.05, 0.1) is 0 Å². The van der Waals surface area contributed by atoms with Crippen LogP contribution in [0.15, 0.2) is 6.07 Å². The van der Waals surface area contributed by atoms with Gasteiger partial charge in [-0.15, -0.1) is 0 Å². The molecule has 7 heteroatoms. The molecule has 2 aliphatic rings. The third-order valence-corrected chi connectivity index (χ3v) is 5.06. The maximum Gasteiger partial charge on any atom is 0.222 e. The zero-order chi connectivity index (χ0) is 17.8. The SMILES string of the molecule is CCCC(=O)N1CCN(c2cc(N3CCN(C)CC3)nc(C)n2)CC1. The van der Waals surface area contributed by atoms with Crippen LogP contribution in [-0.2, 0) is 4.79 Å². The van der Waals surface area contributed by atoms with Crippen molar-refractivity contribution in [1.82, 2.24) is 19.8 Å². The molecule has 0 atom stereocenters. The zero-order valence-corrected chi connectivity index (χ0v) is 15.7. The van der Waals surface area contributed by atoms with Crippen molar-refractivity contribution in [3.8, 4) is 0 Å². The first-order valence-electron chi connectivity index (χ1n) is 9.38. The highest BCUT2D eigenvalue weighted by atomic mass is 16.2. The lowest BCUT2D eigenvalue weighted by atomic mass is 10.2. The van der Waals surface area contributed by atoms with Crippen LogP contribution in [0.2, 0.25) is 0 Å². The number of aromatic nitrogens is 2. The van der Waals surface area contributed by atoms with Crippen LogP contribution in [0.25, 0.3) is 0 Å². The number of aryl methyl sites for hydroxylation is 1. The summed E-state index contributed by atoms with van der Waals surface area (Å²) in [5, 5.41) is 0. The fourth-order valence-electron chi connectivity index (χ4n) is 3.45. The van der Waals surface area contributed by atoms with Crippen LogP contribution in [0, 0.1) is 6.92 Å². The number of likely N-dealkylation sites (N-methyl/N-ethyl adjacent to an activating group) is 1. The molecule has 0 bridgehead atoms. The predicted molar refractivity (Wildman–Crippen MR) is 100 cm³/mol. The lowest BCUT2D eigenvalue weighted by Gasteiger charge is -2.37. The van der Waals surface area contributed by atoms with E-state index >= 15 is 0 Å². The number of piperazine rings is 2. The Labute approximate surface area is 150 Å². The second kappa shape index (κ2) is 7.99. The minimum Gasteiger partial charge on any atom is -0.354 e. The molecule has 2 fully saturated rings. The summed E-state index contributed by atoms with van der Waals surface area (Å²) >= 11 is 0. The van der Waals surface area contributed by atoms with Gasteiger partial charge in [0, 0.05) is 64.8 Å². The summed E-state index contributed by atoms with van der Waals surface area (Å²) in [5.41, 5.74) is 0. The van der Waals surface area contributed by atoms with Crippen LogP contribution in [-0.4, -0.2) is 85.1 Å². The highest BCUT2D eigenvalue weighted by Crippen LogP contribution is 2.21. The number of anilines is 2. The normalized spacial score (nSPS) is 19.4. The van der Waals surface area contributed by atoms with Gasteiger partial charge in [-0.3, -0.25) is 4.79 Å². The first-order valence-corrected chi connectivity index (χ1v) is 9.38. The van der Waals surface area contributed by atoms with Crippen molar-refractivity contribution in [2.75, 3.05) is 69.2 Å². The van der Waals surface area contributed by atoms with Gasteiger partial charge in [-0.2, -0.15) is 0 Å². The Kier molecular flexibility index (Phi) is 5.73. The Bertz CT molecular complexity index is 591. The van der Waals surface area contributed by atoms with Gasteiger partial charge >= 0.3 is 0 Å². The van der Waals surface area contributed by atoms with Crippen molar-refractivity contribution in [3.63, 3.8) is 0 Å². The summed E-state index contributed by atoms with van der Waals surface area (Å²) in [4.78, 5) is 30.3. The molecule has 25 heavy (non-hydrogen) atoms. The van der Waals surface area contributed by atoms with Gasteiger partial charge < -0.3 is 19.6 Å². The molecular weight excluding hydrogens is 316 g/mol. The number of amides is 1. The van der Waals surface area contributed by atoms with E-state index in [-0.39, 0.29) is 5.91 Å². The van der Waals surface area contributed by atoms with E-state index < -0.39 is 0 Å². The zero-order valence-electron chi connectivity index (χ0n) is 15.7. The molecule has 3 rings (SSSR count). The largest absolute Gasteiger partial charge is 0.354 e. The molecule has 138 valence electrons. The topological polar surface area (TPSA) is 55.8 Å². The molecule has 0 aliphatic carbocycles. The summed E-state index contributed by atoms with van der Waals surface area (Å²) < 4.78 is 0. The average Bonchev–Trinajstić information content (AvgIpc) is 2.62. The van der Waals surface area contributed by atoms with Crippen LogP contribution in [0.3, 0.4) is 0 Å². The highest BCUT2D eigenvalue weighted by Gasteiger charge is 2.23. The number of hydrogen-bond acceptors (Lipinski definition) is 6. The molecule has 0 aromatic carbocycles. The van der Waals surface area contributed by atoms with Gasteiger partial charge in [-0.1, -0.05) is 6.92 Å². The molecule has 0 saturated carbocycles. The maximum absolute atomic E-state index is 12.1. The summed E-state index contributed by atoms with van der Waals surface area (Å²) in [5.74, 6) is 3.11. The smallest absolute Gasteiger partial charge is 0.222 e. The van der Waals surface area contributed by atoms with E-state index in [4.69, 9.17) is 0 Å². The third kappa shape index (κ3) is 4.39. The van der Waals surface area contributed by atoms with Crippen molar-refractivity contribution in [3.05, 3.63) is 11.9 Å². The van der Waals surface area contributed by atoms with Crippen LogP contribution in [0.1, 0.15) is 25.6 Å². The molecule has 1 aromatic heterocycles. The van der Waals surface area contributed by atoms with Crippen molar-refractivity contribution < 1.29 is 4.79 Å². The molecule has 0 unspecified atom stereocenters. The molecule has 0 radical (unpaired) electrons. The predicted octanol–water partition coefficient (Wildman–Crippen LogP) is 0.986. The van der Waals surface area contributed by atoms with E-state index in [1.807, 2.05) is 11.8 Å².